The van der Waals surface area contributed by atoms with Crippen LogP contribution in [0.4, 0.5) is 0 Å². The third-order valence-electron chi connectivity index (χ3n) is 4.61. The summed E-state index contributed by atoms with van der Waals surface area (Å²) in [7, 11) is 0. The van der Waals surface area contributed by atoms with E-state index in [1.807, 2.05) is 0 Å². The number of H-pyrrole nitrogens is 1. The second kappa shape index (κ2) is 5.48. The molecule has 1 N–H and O–H groups in total. The second-order valence-electron chi connectivity index (χ2n) is 6.13. The average Bonchev–Trinajstić information content (AvgIpc) is 2.95. The average molecular weight is 246 g/mol. The van der Waals surface area contributed by atoms with Crippen LogP contribution in [-0.4, -0.2) is 29.5 Å². The van der Waals surface area contributed by atoms with Crippen molar-refractivity contribution in [2.24, 2.45) is 0 Å². The molecule has 1 saturated carbocycles. The summed E-state index contributed by atoms with van der Waals surface area (Å²) in [6, 6.07) is 0. The Morgan fingerprint density at radius 1 is 1.22 bits per heavy atom. The van der Waals surface area contributed by atoms with Crippen LogP contribution >= 0.6 is 0 Å². The smallest absolute Gasteiger partial charge is 0.0151 e. The number of aromatic amines is 1. The van der Waals surface area contributed by atoms with Crippen LogP contribution in [0.2, 0.25) is 0 Å². The Kier molecular flexibility index (Phi) is 3.74. The lowest BCUT2D eigenvalue weighted by molar-refractivity contribution is 0.330. The summed E-state index contributed by atoms with van der Waals surface area (Å²) in [6.07, 6.45) is 11.9. The first-order valence-electron chi connectivity index (χ1n) is 7.73. The molecule has 0 radical (unpaired) electrons. The molecule has 2 heteroatoms. The monoisotopic (exact) mass is 246 g/mol. The maximum atomic E-state index is 3.43. The Balaban J connectivity index is 1.45. The first-order chi connectivity index (χ1) is 8.84. The highest BCUT2D eigenvalue weighted by molar-refractivity contribution is 5.35. The number of likely N-dealkylation sites (tertiary alicyclic amines) is 1. The molecule has 100 valence electrons. The van der Waals surface area contributed by atoms with Gasteiger partial charge in [-0.05, 0) is 88.5 Å². The van der Waals surface area contributed by atoms with Gasteiger partial charge in [-0.3, -0.25) is 0 Å². The Hall–Kier alpha value is -0.760. The standard InChI is InChI=1S/C16H26N2/c1-13-15(16(12-17-13)14-7-8-14)6-2-3-9-18-10-4-5-11-18/h12,14,17H,2-11H2,1H3. The molecule has 0 amide bonds. The summed E-state index contributed by atoms with van der Waals surface area (Å²) in [4.78, 5) is 6.06. The van der Waals surface area contributed by atoms with Crippen molar-refractivity contribution in [1.82, 2.24) is 9.88 Å². The SMILES string of the molecule is Cc1[nH]cc(C2CC2)c1CCCCN1CCCC1. The van der Waals surface area contributed by atoms with Gasteiger partial charge in [-0.1, -0.05) is 0 Å². The van der Waals surface area contributed by atoms with Crippen molar-refractivity contribution < 1.29 is 0 Å². The number of hydrogen-bond donors (Lipinski definition) is 1. The minimum Gasteiger partial charge on any atom is -0.365 e. The predicted molar refractivity (Wildman–Crippen MR) is 76.1 cm³/mol. The zero-order valence-electron chi connectivity index (χ0n) is 11.7. The van der Waals surface area contributed by atoms with Crippen molar-refractivity contribution in [1.29, 1.82) is 0 Å². The normalized spacial score (nSPS) is 20.7. The summed E-state index contributed by atoms with van der Waals surface area (Å²) >= 11 is 0. The fourth-order valence-corrected chi connectivity index (χ4v) is 3.31. The van der Waals surface area contributed by atoms with Crippen LogP contribution in [0.15, 0.2) is 6.20 Å². The van der Waals surface area contributed by atoms with E-state index in [4.69, 9.17) is 0 Å². The van der Waals surface area contributed by atoms with E-state index in [1.54, 1.807) is 11.1 Å². The molecule has 2 fully saturated rings. The molecule has 1 aromatic rings. The minimum atomic E-state index is 0.892. The molecule has 18 heavy (non-hydrogen) atoms. The second-order valence-corrected chi connectivity index (χ2v) is 6.13. The summed E-state index contributed by atoms with van der Waals surface area (Å²) in [5.74, 6) is 0.892. The van der Waals surface area contributed by atoms with Crippen LogP contribution in [-0.2, 0) is 6.42 Å². The van der Waals surface area contributed by atoms with Gasteiger partial charge in [0.05, 0.1) is 0 Å². The fourth-order valence-electron chi connectivity index (χ4n) is 3.31. The summed E-state index contributed by atoms with van der Waals surface area (Å²) in [5.41, 5.74) is 4.69. The van der Waals surface area contributed by atoms with Crippen LogP contribution < -0.4 is 0 Å². The quantitative estimate of drug-likeness (QED) is 0.760. The van der Waals surface area contributed by atoms with Gasteiger partial charge in [-0.15, -0.1) is 0 Å². The lowest BCUT2D eigenvalue weighted by Crippen LogP contribution is -2.20. The van der Waals surface area contributed by atoms with Crippen molar-refractivity contribution in [2.45, 2.75) is 57.8 Å². The highest BCUT2D eigenvalue weighted by Gasteiger charge is 2.27. The van der Waals surface area contributed by atoms with Gasteiger partial charge in [-0.2, -0.15) is 0 Å². The van der Waals surface area contributed by atoms with Crippen molar-refractivity contribution in [2.75, 3.05) is 19.6 Å². The first kappa shape index (κ1) is 12.3. The number of aromatic nitrogens is 1. The molecule has 2 heterocycles. The minimum absolute atomic E-state index is 0.892. The van der Waals surface area contributed by atoms with E-state index in [9.17, 15) is 0 Å². The molecule has 1 aliphatic carbocycles. The Bertz CT molecular complexity index is 384. The largest absolute Gasteiger partial charge is 0.365 e. The third kappa shape index (κ3) is 2.80. The summed E-state index contributed by atoms with van der Waals surface area (Å²) in [6.45, 7) is 6.25. The van der Waals surface area contributed by atoms with E-state index < -0.39 is 0 Å². The van der Waals surface area contributed by atoms with Gasteiger partial charge in [0.2, 0.25) is 0 Å². The maximum Gasteiger partial charge on any atom is 0.0151 e. The van der Waals surface area contributed by atoms with Gasteiger partial charge in [0, 0.05) is 11.9 Å². The number of nitrogens with one attached hydrogen (secondary N) is 1. The van der Waals surface area contributed by atoms with Crippen LogP contribution in [0.25, 0.3) is 0 Å². The van der Waals surface area contributed by atoms with E-state index in [0.29, 0.717) is 0 Å². The van der Waals surface area contributed by atoms with Crippen molar-refractivity contribution in [3.8, 4) is 0 Å². The highest BCUT2D eigenvalue weighted by atomic mass is 15.1. The Morgan fingerprint density at radius 3 is 2.72 bits per heavy atom. The van der Waals surface area contributed by atoms with Crippen molar-refractivity contribution in [3.05, 3.63) is 23.0 Å². The van der Waals surface area contributed by atoms with E-state index in [-0.39, 0.29) is 0 Å². The molecule has 2 nitrogen and oxygen atoms in total. The van der Waals surface area contributed by atoms with Crippen LogP contribution in [0.5, 0.6) is 0 Å². The van der Waals surface area contributed by atoms with E-state index >= 15 is 0 Å². The predicted octanol–water partition coefficient (Wildman–Crippen LogP) is 3.62. The highest BCUT2D eigenvalue weighted by Crippen LogP contribution is 2.42. The fraction of sp³-hybridized carbons (Fsp3) is 0.750. The number of aryl methyl sites for hydroxylation is 1. The van der Waals surface area contributed by atoms with E-state index in [0.717, 1.165) is 5.92 Å². The topological polar surface area (TPSA) is 19.0 Å². The molecule has 0 bridgehead atoms. The zero-order chi connectivity index (χ0) is 12.4. The number of nitrogens with zero attached hydrogens (tertiary/aromatic N) is 1. The zero-order valence-corrected chi connectivity index (χ0v) is 11.7. The Labute approximate surface area is 111 Å². The molecule has 0 unspecified atom stereocenters. The number of rotatable bonds is 6. The molecule has 0 aromatic carbocycles. The van der Waals surface area contributed by atoms with Gasteiger partial charge in [-0.25, -0.2) is 0 Å². The Morgan fingerprint density at radius 2 is 2.00 bits per heavy atom. The van der Waals surface area contributed by atoms with Gasteiger partial charge in [0.25, 0.3) is 0 Å². The molecular weight excluding hydrogens is 220 g/mol. The van der Waals surface area contributed by atoms with Gasteiger partial charge in [0.1, 0.15) is 0 Å². The van der Waals surface area contributed by atoms with Crippen LogP contribution in [0.3, 0.4) is 0 Å². The number of hydrogen-bond acceptors (Lipinski definition) is 1. The summed E-state index contributed by atoms with van der Waals surface area (Å²) in [5, 5.41) is 0. The molecule has 1 saturated heterocycles. The van der Waals surface area contributed by atoms with Crippen molar-refractivity contribution in [3.63, 3.8) is 0 Å². The molecule has 2 aliphatic rings. The number of unbranched alkanes of at least 4 members (excludes halogenated alkanes) is 1. The van der Waals surface area contributed by atoms with Gasteiger partial charge < -0.3 is 9.88 Å². The molecule has 0 atom stereocenters. The van der Waals surface area contributed by atoms with Crippen LogP contribution in [0, 0.1) is 6.92 Å². The van der Waals surface area contributed by atoms with Crippen molar-refractivity contribution >= 4 is 0 Å². The lowest BCUT2D eigenvalue weighted by atomic mass is 10.0. The third-order valence-corrected chi connectivity index (χ3v) is 4.61. The summed E-state index contributed by atoms with van der Waals surface area (Å²) < 4.78 is 0. The maximum absolute atomic E-state index is 3.43. The lowest BCUT2D eigenvalue weighted by Gasteiger charge is -2.14. The molecule has 1 aliphatic heterocycles. The van der Waals surface area contributed by atoms with Gasteiger partial charge >= 0.3 is 0 Å². The molecular formula is C16H26N2. The van der Waals surface area contributed by atoms with Gasteiger partial charge in [0.15, 0.2) is 0 Å². The molecule has 1 aromatic heterocycles. The van der Waals surface area contributed by atoms with E-state index in [2.05, 4.69) is 23.0 Å². The van der Waals surface area contributed by atoms with E-state index in [1.165, 1.54) is 70.3 Å². The first-order valence-corrected chi connectivity index (χ1v) is 7.73. The van der Waals surface area contributed by atoms with Crippen LogP contribution in [0.1, 0.15) is 61.3 Å². The molecule has 0 spiro atoms. The molecule has 3 rings (SSSR count).